The van der Waals surface area contributed by atoms with Gasteiger partial charge in [0.1, 0.15) is 5.57 Å². The summed E-state index contributed by atoms with van der Waals surface area (Å²) in [5.74, 6) is -1.40. The number of nitrogens with one attached hydrogen (secondary N) is 1. The molecule has 1 N–H and O–H groups in total. The average molecular weight is 512 g/mol. The van der Waals surface area contributed by atoms with Crippen molar-refractivity contribution in [3.63, 3.8) is 0 Å². The summed E-state index contributed by atoms with van der Waals surface area (Å²) >= 11 is 2.25. The van der Waals surface area contributed by atoms with Gasteiger partial charge in [0.05, 0.1) is 11.9 Å². The lowest BCUT2D eigenvalue weighted by Crippen LogP contribution is -2.54. The summed E-state index contributed by atoms with van der Waals surface area (Å²) in [6.07, 6.45) is 4.46. The lowest BCUT2D eigenvalue weighted by molar-refractivity contribution is -0.122. The Labute approximate surface area is 186 Å². The van der Waals surface area contributed by atoms with Crippen LogP contribution in [0.3, 0.4) is 0 Å². The maximum Gasteiger partial charge on any atom is 0.336 e. The van der Waals surface area contributed by atoms with Gasteiger partial charge in [-0.25, -0.2) is 9.69 Å². The molecule has 1 aromatic carbocycles. The third-order valence-electron chi connectivity index (χ3n) is 4.86. The van der Waals surface area contributed by atoms with Crippen LogP contribution in [0.25, 0.3) is 11.8 Å². The number of carbonyl (C=O) groups excluding carboxylic acids is 3. The van der Waals surface area contributed by atoms with Crippen molar-refractivity contribution in [1.82, 2.24) is 14.9 Å². The van der Waals surface area contributed by atoms with Crippen LogP contribution in [0.15, 0.2) is 60.4 Å². The molecule has 3 aromatic rings. The molecule has 0 atom stereocenters. The largest absolute Gasteiger partial charge is 0.336 e. The molecule has 0 spiro atoms. The zero-order chi connectivity index (χ0) is 21.4. The first kappa shape index (κ1) is 20.0. The molecule has 4 amide bonds. The van der Waals surface area contributed by atoms with E-state index in [1.165, 1.54) is 18.5 Å². The number of nitrogens with zero attached hydrogens (tertiary/aromatic N) is 3. The van der Waals surface area contributed by atoms with Crippen LogP contribution < -0.4 is 10.2 Å². The fourth-order valence-electron chi connectivity index (χ4n) is 3.45. The number of barbiturate groups is 1. The number of benzene rings is 1. The number of urea groups is 1. The fourth-order valence-corrected chi connectivity index (χ4v) is 3.81. The Kier molecular flexibility index (Phi) is 5.25. The molecule has 1 aliphatic rings. The second-order valence-electron chi connectivity index (χ2n) is 6.81. The van der Waals surface area contributed by atoms with E-state index in [1.807, 2.05) is 44.2 Å². The summed E-state index contributed by atoms with van der Waals surface area (Å²) in [4.78, 5) is 42.6. The van der Waals surface area contributed by atoms with Crippen LogP contribution in [-0.2, 0) is 9.59 Å². The number of amides is 4. The van der Waals surface area contributed by atoms with Crippen LogP contribution in [0.2, 0.25) is 0 Å². The van der Waals surface area contributed by atoms with Gasteiger partial charge in [-0.05, 0) is 90.5 Å². The minimum absolute atomic E-state index is 0.110. The maximum atomic E-state index is 13.0. The van der Waals surface area contributed by atoms with Gasteiger partial charge in [0.25, 0.3) is 11.8 Å². The quantitative estimate of drug-likeness (QED) is 0.329. The number of halogens is 1. The number of rotatable bonds is 3. The Balaban J connectivity index is 1.76. The van der Waals surface area contributed by atoms with Gasteiger partial charge in [-0.1, -0.05) is 0 Å². The van der Waals surface area contributed by atoms with Crippen LogP contribution in [0, 0.1) is 17.4 Å². The molecule has 0 bridgehead atoms. The van der Waals surface area contributed by atoms with E-state index < -0.39 is 17.8 Å². The summed E-state index contributed by atoms with van der Waals surface area (Å²) in [7, 11) is 0. The van der Waals surface area contributed by atoms with E-state index in [1.54, 1.807) is 12.1 Å². The monoisotopic (exact) mass is 512 g/mol. The molecular formula is C22H17IN4O3. The van der Waals surface area contributed by atoms with Crippen LogP contribution in [0.1, 0.15) is 17.0 Å². The van der Waals surface area contributed by atoms with E-state index >= 15 is 0 Å². The highest BCUT2D eigenvalue weighted by Crippen LogP contribution is 2.26. The third kappa shape index (κ3) is 3.54. The standard InChI is InChI=1S/C22H17IN4O3/c1-13-10-15(14(2)26(13)17-7-5-16(23)6-8-17)11-19-20(28)25-22(30)27(21(19)29)18-4-3-9-24-12-18/h3-12H,1-2H3,(H,25,28,30)/b19-11-. The maximum absolute atomic E-state index is 13.0. The highest BCUT2D eigenvalue weighted by molar-refractivity contribution is 14.1. The average Bonchev–Trinajstić information content (AvgIpc) is 3.00. The summed E-state index contributed by atoms with van der Waals surface area (Å²) in [6.45, 7) is 3.88. The number of carbonyl (C=O) groups is 3. The SMILES string of the molecule is Cc1cc(/C=C2/C(=O)NC(=O)N(c3cccnc3)C2=O)c(C)n1-c1ccc(I)cc1. The van der Waals surface area contributed by atoms with Crippen molar-refractivity contribution in [1.29, 1.82) is 0 Å². The molecule has 30 heavy (non-hydrogen) atoms. The van der Waals surface area contributed by atoms with Gasteiger partial charge in [0, 0.05) is 26.8 Å². The van der Waals surface area contributed by atoms with Crippen molar-refractivity contribution in [2.24, 2.45) is 0 Å². The minimum Gasteiger partial charge on any atom is -0.318 e. The predicted molar refractivity (Wildman–Crippen MR) is 121 cm³/mol. The van der Waals surface area contributed by atoms with E-state index in [4.69, 9.17) is 0 Å². The van der Waals surface area contributed by atoms with Crippen LogP contribution in [-0.4, -0.2) is 27.4 Å². The zero-order valence-electron chi connectivity index (χ0n) is 16.2. The lowest BCUT2D eigenvalue weighted by atomic mass is 10.1. The predicted octanol–water partition coefficient (Wildman–Crippen LogP) is 3.76. The van der Waals surface area contributed by atoms with Gasteiger partial charge in [0.15, 0.2) is 0 Å². The van der Waals surface area contributed by atoms with Crippen molar-refractivity contribution in [2.45, 2.75) is 13.8 Å². The highest BCUT2D eigenvalue weighted by Gasteiger charge is 2.37. The molecule has 0 radical (unpaired) electrons. The Morgan fingerprint density at radius 2 is 1.77 bits per heavy atom. The second kappa shape index (κ2) is 7.86. The second-order valence-corrected chi connectivity index (χ2v) is 8.05. The summed E-state index contributed by atoms with van der Waals surface area (Å²) in [5.41, 5.74) is 3.74. The highest BCUT2D eigenvalue weighted by atomic mass is 127. The molecule has 0 unspecified atom stereocenters. The first-order chi connectivity index (χ1) is 14.4. The number of pyridine rings is 1. The van der Waals surface area contributed by atoms with Gasteiger partial charge < -0.3 is 4.57 Å². The molecule has 1 fully saturated rings. The van der Waals surface area contributed by atoms with E-state index in [0.717, 1.165) is 31.1 Å². The Hall–Kier alpha value is -3.27. The minimum atomic E-state index is -0.792. The van der Waals surface area contributed by atoms with Gasteiger partial charge in [-0.3, -0.25) is 19.9 Å². The van der Waals surface area contributed by atoms with Crippen LogP contribution >= 0.6 is 22.6 Å². The van der Waals surface area contributed by atoms with Gasteiger partial charge in [0.2, 0.25) is 0 Å². The topological polar surface area (TPSA) is 84.3 Å². The molecule has 1 saturated heterocycles. The zero-order valence-corrected chi connectivity index (χ0v) is 18.4. The number of aromatic nitrogens is 2. The van der Waals surface area contributed by atoms with Crippen molar-refractivity contribution >= 4 is 52.2 Å². The molecule has 0 saturated carbocycles. The first-order valence-electron chi connectivity index (χ1n) is 9.13. The molecule has 0 aliphatic carbocycles. The van der Waals surface area contributed by atoms with Crippen LogP contribution in [0.5, 0.6) is 0 Å². The van der Waals surface area contributed by atoms with Gasteiger partial charge >= 0.3 is 6.03 Å². The smallest absolute Gasteiger partial charge is 0.318 e. The van der Waals surface area contributed by atoms with Crippen molar-refractivity contribution in [3.05, 3.63) is 81.0 Å². The van der Waals surface area contributed by atoms with Crippen molar-refractivity contribution in [2.75, 3.05) is 4.90 Å². The molecule has 4 rings (SSSR count). The lowest BCUT2D eigenvalue weighted by Gasteiger charge is -2.26. The van der Waals surface area contributed by atoms with Crippen molar-refractivity contribution < 1.29 is 14.4 Å². The Morgan fingerprint density at radius 1 is 1.03 bits per heavy atom. The number of hydrogen-bond donors (Lipinski definition) is 1. The Bertz CT molecular complexity index is 1200. The molecule has 3 heterocycles. The number of anilines is 1. The van der Waals surface area contributed by atoms with E-state index in [9.17, 15) is 14.4 Å². The number of hydrogen-bond acceptors (Lipinski definition) is 4. The van der Waals surface area contributed by atoms with Gasteiger partial charge in [-0.15, -0.1) is 0 Å². The van der Waals surface area contributed by atoms with E-state index in [0.29, 0.717) is 5.69 Å². The molecule has 150 valence electrons. The molecule has 8 heteroatoms. The number of imide groups is 2. The number of aryl methyl sites for hydroxylation is 1. The summed E-state index contributed by atoms with van der Waals surface area (Å²) in [6, 6.07) is 12.4. The van der Waals surface area contributed by atoms with E-state index in [2.05, 4.69) is 37.5 Å². The fraction of sp³-hybridized carbons (Fsp3) is 0.0909. The van der Waals surface area contributed by atoms with Crippen LogP contribution in [0.4, 0.5) is 10.5 Å². The summed E-state index contributed by atoms with van der Waals surface area (Å²) < 4.78 is 3.18. The summed E-state index contributed by atoms with van der Waals surface area (Å²) in [5, 5.41) is 2.23. The molecule has 2 aromatic heterocycles. The van der Waals surface area contributed by atoms with Crippen molar-refractivity contribution in [3.8, 4) is 5.69 Å². The molecule has 1 aliphatic heterocycles. The molecule has 7 nitrogen and oxygen atoms in total. The first-order valence-corrected chi connectivity index (χ1v) is 10.2. The van der Waals surface area contributed by atoms with Gasteiger partial charge in [-0.2, -0.15) is 0 Å². The third-order valence-corrected chi connectivity index (χ3v) is 5.58. The normalized spacial score (nSPS) is 15.6. The van der Waals surface area contributed by atoms with E-state index in [-0.39, 0.29) is 5.57 Å². The molecular weight excluding hydrogens is 495 g/mol. The Morgan fingerprint density at radius 3 is 2.43 bits per heavy atom.